The van der Waals surface area contributed by atoms with E-state index in [1.165, 1.54) is 18.6 Å². The van der Waals surface area contributed by atoms with Crippen LogP contribution in [0.3, 0.4) is 0 Å². The molecule has 2 unspecified atom stereocenters. The molecule has 2 bridgehead atoms. The molecule has 0 radical (unpaired) electrons. The molecule has 1 amide bonds. The Morgan fingerprint density at radius 1 is 1.14 bits per heavy atom. The Hall–Kier alpha value is -2.21. The first-order chi connectivity index (χ1) is 13.6. The number of fused-ring (bicyclic) bond motifs is 4. The molecule has 3 saturated heterocycles. The van der Waals surface area contributed by atoms with E-state index in [2.05, 4.69) is 20.0 Å². The number of aromatic amines is 1. The molecule has 1 aromatic heterocycles. The molecule has 4 heterocycles. The van der Waals surface area contributed by atoms with Crippen molar-refractivity contribution in [2.75, 3.05) is 19.6 Å². The first-order valence-corrected chi connectivity index (χ1v) is 10.4. The van der Waals surface area contributed by atoms with Gasteiger partial charge < -0.3 is 4.90 Å². The van der Waals surface area contributed by atoms with E-state index in [-0.39, 0.29) is 17.8 Å². The van der Waals surface area contributed by atoms with Gasteiger partial charge in [-0.1, -0.05) is 12.1 Å². The maximum absolute atomic E-state index is 13.5. The van der Waals surface area contributed by atoms with E-state index in [1.54, 1.807) is 0 Å². The minimum absolute atomic E-state index is 0.159. The molecule has 1 aromatic carbocycles. The summed E-state index contributed by atoms with van der Waals surface area (Å²) in [6, 6.07) is 7.02. The number of rotatable bonds is 4. The van der Waals surface area contributed by atoms with E-state index in [9.17, 15) is 9.18 Å². The third-order valence-electron chi connectivity index (χ3n) is 6.52. The van der Waals surface area contributed by atoms with Crippen molar-refractivity contribution in [3.8, 4) is 0 Å². The van der Waals surface area contributed by atoms with Gasteiger partial charge in [0.1, 0.15) is 5.82 Å². The van der Waals surface area contributed by atoms with Gasteiger partial charge in [-0.2, -0.15) is 5.10 Å². The molecule has 5 nitrogen and oxygen atoms in total. The third-order valence-corrected chi connectivity index (χ3v) is 6.52. The van der Waals surface area contributed by atoms with E-state index >= 15 is 0 Å². The molecule has 2 atom stereocenters. The highest BCUT2D eigenvalue weighted by molar-refractivity contribution is 5.97. The number of hydrogen-bond acceptors (Lipinski definition) is 3. The fourth-order valence-electron chi connectivity index (χ4n) is 4.92. The molecule has 148 valence electrons. The zero-order valence-corrected chi connectivity index (χ0v) is 16.3. The van der Waals surface area contributed by atoms with Crippen molar-refractivity contribution in [2.45, 2.75) is 51.1 Å². The number of piperidine rings is 1. The number of aryl methyl sites for hydroxylation is 1. The smallest absolute Gasteiger partial charge is 0.257 e. The lowest BCUT2D eigenvalue weighted by atomic mass is 9.94. The lowest BCUT2D eigenvalue weighted by Gasteiger charge is -2.36. The van der Waals surface area contributed by atoms with Gasteiger partial charge in [0.05, 0.1) is 11.3 Å². The number of halogens is 1. The molecule has 4 fully saturated rings. The summed E-state index contributed by atoms with van der Waals surface area (Å²) >= 11 is 0. The monoisotopic (exact) mass is 382 g/mol. The molecule has 1 N–H and O–H groups in total. The average Bonchev–Trinajstić information content (AvgIpc) is 3.50. The van der Waals surface area contributed by atoms with Crippen LogP contribution in [-0.4, -0.2) is 51.6 Å². The van der Waals surface area contributed by atoms with Gasteiger partial charge in [-0.15, -0.1) is 0 Å². The summed E-state index contributed by atoms with van der Waals surface area (Å²) in [7, 11) is 0. The summed E-state index contributed by atoms with van der Waals surface area (Å²) in [4.78, 5) is 18.0. The van der Waals surface area contributed by atoms with E-state index in [0.29, 0.717) is 11.8 Å². The minimum Gasteiger partial charge on any atom is -0.334 e. The number of nitrogens with one attached hydrogen (secondary N) is 1. The molecule has 1 saturated carbocycles. The van der Waals surface area contributed by atoms with Crippen molar-refractivity contribution in [1.82, 2.24) is 20.0 Å². The summed E-state index contributed by atoms with van der Waals surface area (Å²) in [6.07, 6.45) is 4.52. The number of aromatic nitrogens is 2. The van der Waals surface area contributed by atoms with Crippen LogP contribution in [0.2, 0.25) is 0 Å². The average molecular weight is 382 g/mol. The molecule has 28 heavy (non-hydrogen) atoms. The van der Waals surface area contributed by atoms with E-state index in [1.807, 2.05) is 19.1 Å². The fraction of sp³-hybridized carbons (Fsp3) is 0.545. The Kier molecular flexibility index (Phi) is 4.46. The van der Waals surface area contributed by atoms with Crippen LogP contribution in [0.1, 0.15) is 58.9 Å². The summed E-state index contributed by atoms with van der Waals surface area (Å²) in [5, 5.41) is 7.49. The molecule has 0 spiro atoms. The Morgan fingerprint density at radius 3 is 2.68 bits per heavy atom. The van der Waals surface area contributed by atoms with Crippen molar-refractivity contribution in [2.24, 2.45) is 5.92 Å². The van der Waals surface area contributed by atoms with Gasteiger partial charge in [0, 0.05) is 43.8 Å². The third kappa shape index (κ3) is 3.34. The highest BCUT2D eigenvalue weighted by Crippen LogP contribution is 2.42. The van der Waals surface area contributed by atoms with Crippen molar-refractivity contribution in [3.63, 3.8) is 0 Å². The summed E-state index contributed by atoms with van der Waals surface area (Å²) in [5.41, 5.74) is 3.82. The quantitative estimate of drug-likeness (QED) is 0.881. The Bertz CT molecular complexity index is 873. The molecular formula is C22H27FN4O. The summed E-state index contributed by atoms with van der Waals surface area (Å²) < 4.78 is 13.2. The molecule has 6 heteroatoms. The van der Waals surface area contributed by atoms with Crippen LogP contribution >= 0.6 is 0 Å². The van der Waals surface area contributed by atoms with Crippen molar-refractivity contribution >= 4 is 5.91 Å². The highest BCUT2D eigenvalue weighted by Gasteiger charge is 2.40. The zero-order valence-electron chi connectivity index (χ0n) is 16.3. The van der Waals surface area contributed by atoms with Gasteiger partial charge >= 0.3 is 0 Å². The fourth-order valence-corrected chi connectivity index (χ4v) is 4.92. The van der Waals surface area contributed by atoms with Gasteiger partial charge in [-0.25, -0.2) is 4.39 Å². The zero-order chi connectivity index (χ0) is 19.3. The first-order valence-electron chi connectivity index (χ1n) is 10.4. The predicted octanol–water partition coefficient (Wildman–Crippen LogP) is 3.47. The normalized spacial score (nSPS) is 25.1. The van der Waals surface area contributed by atoms with Crippen LogP contribution < -0.4 is 0 Å². The van der Waals surface area contributed by atoms with Crippen molar-refractivity contribution in [1.29, 1.82) is 0 Å². The summed E-state index contributed by atoms with van der Waals surface area (Å²) in [6.45, 7) is 5.49. The summed E-state index contributed by atoms with van der Waals surface area (Å²) in [5.74, 6) is 0.924. The van der Waals surface area contributed by atoms with E-state index in [4.69, 9.17) is 0 Å². The predicted molar refractivity (Wildman–Crippen MR) is 105 cm³/mol. The molecular weight excluding hydrogens is 355 g/mol. The number of carbonyl (C=O) groups excluding carboxylic acids is 1. The van der Waals surface area contributed by atoms with Gasteiger partial charge in [-0.3, -0.25) is 14.8 Å². The number of benzene rings is 1. The number of carbonyl (C=O) groups is 1. The Balaban J connectivity index is 1.35. The molecule has 3 aliphatic heterocycles. The molecule has 2 aromatic rings. The van der Waals surface area contributed by atoms with Gasteiger partial charge in [0.15, 0.2) is 0 Å². The SMILES string of the molecule is Cc1[nH]nc(C2CC2)c1C(=O)N1CC2CCC1CN(Cc1ccc(F)cc1)C2. The van der Waals surface area contributed by atoms with Crippen LogP contribution in [0, 0.1) is 18.7 Å². The molecule has 4 aliphatic rings. The molecule has 6 rings (SSSR count). The largest absolute Gasteiger partial charge is 0.334 e. The van der Waals surface area contributed by atoms with Gasteiger partial charge in [0.2, 0.25) is 0 Å². The van der Waals surface area contributed by atoms with E-state index in [0.717, 1.165) is 68.0 Å². The lowest BCUT2D eigenvalue weighted by Crippen LogP contribution is -2.47. The number of nitrogens with zero attached hydrogens (tertiary/aromatic N) is 3. The van der Waals surface area contributed by atoms with E-state index < -0.39 is 0 Å². The first kappa shape index (κ1) is 17.9. The molecule has 1 aliphatic carbocycles. The number of hydrogen-bond donors (Lipinski definition) is 1. The van der Waals surface area contributed by atoms with Crippen LogP contribution in [0.4, 0.5) is 4.39 Å². The second-order valence-corrected chi connectivity index (χ2v) is 8.76. The second-order valence-electron chi connectivity index (χ2n) is 8.76. The maximum atomic E-state index is 13.5. The minimum atomic E-state index is -0.196. The Morgan fingerprint density at radius 2 is 1.93 bits per heavy atom. The standard InChI is InChI=1S/C22H27FN4O/c1-14-20(21(25-24-14)17-5-6-17)22(28)27-12-16-4-9-19(27)13-26(11-16)10-15-2-7-18(23)8-3-15/h2-3,7-8,16-17,19H,4-6,9-13H2,1H3,(H,24,25). The van der Waals surface area contributed by atoms with Gasteiger partial charge in [-0.05, 0) is 56.2 Å². The maximum Gasteiger partial charge on any atom is 0.257 e. The number of H-pyrrole nitrogens is 1. The van der Waals surface area contributed by atoms with Gasteiger partial charge in [0.25, 0.3) is 5.91 Å². The second kappa shape index (κ2) is 6.99. The lowest BCUT2D eigenvalue weighted by molar-refractivity contribution is 0.0583. The van der Waals surface area contributed by atoms with Crippen LogP contribution in [0.5, 0.6) is 0 Å². The Labute approximate surface area is 164 Å². The van der Waals surface area contributed by atoms with Crippen molar-refractivity contribution in [3.05, 3.63) is 52.6 Å². The van der Waals surface area contributed by atoms with Crippen LogP contribution in [0.25, 0.3) is 0 Å². The number of amides is 1. The van der Waals surface area contributed by atoms with Crippen LogP contribution in [0.15, 0.2) is 24.3 Å². The highest BCUT2D eigenvalue weighted by atomic mass is 19.1. The van der Waals surface area contributed by atoms with Crippen LogP contribution in [-0.2, 0) is 6.54 Å². The topological polar surface area (TPSA) is 52.2 Å². The van der Waals surface area contributed by atoms with Crippen molar-refractivity contribution < 1.29 is 9.18 Å².